The predicted octanol–water partition coefficient (Wildman–Crippen LogP) is 2.53. The van der Waals surface area contributed by atoms with Crippen LogP contribution in [0.4, 0.5) is 14.8 Å². The van der Waals surface area contributed by atoms with Gasteiger partial charge in [0, 0.05) is 24.9 Å². The summed E-state index contributed by atoms with van der Waals surface area (Å²) in [6.45, 7) is 0.513. The summed E-state index contributed by atoms with van der Waals surface area (Å²) in [4.78, 5) is 9.31. The Hall–Kier alpha value is -3.30. The Balaban J connectivity index is 1.63. The van der Waals surface area contributed by atoms with Gasteiger partial charge in [-0.05, 0) is 18.2 Å². The van der Waals surface area contributed by atoms with Gasteiger partial charge in [-0.15, -0.1) is 5.10 Å². The van der Waals surface area contributed by atoms with Gasteiger partial charge in [0.2, 0.25) is 0 Å². The lowest BCUT2D eigenvalue weighted by Gasteiger charge is -2.32. The highest BCUT2D eigenvalue weighted by Gasteiger charge is 2.36. The molecule has 0 aromatic carbocycles. The highest BCUT2D eigenvalue weighted by atomic mass is 19.3. The van der Waals surface area contributed by atoms with E-state index >= 15 is 0 Å². The molecule has 0 aliphatic carbocycles. The second-order valence-corrected chi connectivity index (χ2v) is 5.98. The van der Waals surface area contributed by atoms with Crippen molar-refractivity contribution in [1.29, 1.82) is 0 Å². The van der Waals surface area contributed by atoms with Crippen molar-refractivity contribution in [1.82, 2.24) is 29.8 Å². The average molecular weight is 357 g/mol. The molecule has 8 nitrogen and oxygen atoms in total. The maximum absolute atomic E-state index is 12.8. The number of imidazole rings is 1. The lowest BCUT2D eigenvalue weighted by Crippen LogP contribution is -2.36. The van der Waals surface area contributed by atoms with Crippen molar-refractivity contribution in [2.45, 2.75) is 18.9 Å². The van der Waals surface area contributed by atoms with Gasteiger partial charge >= 0.3 is 12.4 Å². The number of fused-ring (bicyclic) bond motifs is 2. The number of hydrogen-bond donors (Lipinski definition) is 1. The van der Waals surface area contributed by atoms with Crippen LogP contribution in [-0.2, 0) is 6.42 Å². The zero-order chi connectivity index (χ0) is 17.7. The minimum Gasteiger partial charge on any atom is -0.402 e. The molecule has 0 fully saturated rings. The fourth-order valence-corrected chi connectivity index (χ4v) is 3.30. The second kappa shape index (κ2) is 5.61. The molecule has 4 aromatic rings. The van der Waals surface area contributed by atoms with Gasteiger partial charge in [0.25, 0.3) is 5.89 Å². The Bertz CT molecular complexity index is 1040. The van der Waals surface area contributed by atoms with E-state index in [1.165, 1.54) is 0 Å². The van der Waals surface area contributed by atoms with E-state index in [0.717, 1.165) is 22.6 Å². The first-order valence-corrected chi connectivity index (χ1v) is 8.05. The number of nitrogens with zero attached hydrogens (tertiary/aromatic N) is 6. The zero-order valence-corrected chi connectivity index (χ0v) is 13.4. The van der Waals surface area contributed by atoms with Gasteiger partial charge in [0.15, 0.2) is 0 Å². The highest BCUT2D eigenvalue weighted by Crippen LogP contribution is 2.36. The molecule has 26 heavy (non-hydrogen) atoms. The maximum atomic E-state index is 12.8. The molecule has 4 aromatic heterocycles. The minimum atomic E-state index is -2.81. The molecule has 1 aliphatic rings. The van der Waals surface area contributed by atoms with Crippen molar-refractivity contribution in [3.05, 3.63) is 59.8 Å². The summed E-state index contributed by atoms with van der Waals surface area (Å²) in [5.41, 5.74) is 3.40. The topological polar surface area (TPSA) is 88.1 Å². The molecule has 1 aliphatic heterocycles. The van der Waals surface area contributed by atoms with Crippen LogP contribution in [0.3, 0.4) is 0 Å². The fourth-order valence-electron chi connectivity index (χ4n) is 3.30. The van der Waals surface area contributed by atoms with E-state index < -0.39 is 18.4 Å². The first-order valence-electron chi connectivity index (χ1n) is 8.05. The van der Waals surface area contributed by atoms with E-state index in [0.29, 0.717) is 13.0 Å². The lowest BCUT2D eigenvalue weighted by atomic mass is 10.0. The van der Waals surface area contributed by atoms with E-state index in [-0.39, 0.29) is 6.01 Å². The summed E-state index contributed by atoms with van der Waals surface area (Å²) in [5.74, 6) is -0.693. The van der Waals surface area contributed by atoms with Gasteiger partial charge in [-0.2, -0.15) is 13.9 Å². The average Bonchev–Trinajstić information content (AvgIpc) is 3.37. The predicted molar refractivity (Wildman–Crippen MR) is 85.9 cm³/mol. The molecule has 5 heterocycles. The van der Waals surface area contributed by atoms with Crippen LogP contribution in [0.2, 0.25) is 0 Å². The van der Waals surface area contributed by atoms with Gasteiger partial charge in [0.1, 0.15) is 6.04 Å². The largest absolute Gasteiger partial charge is 0.402 e. The third-order valence-corrected chi connectivity index (χ3v) is 4.46. The van der Waals surface area contributed by atoms with Crippen molar-refractivity contribution in [3.8, 4) is 0 Å². The number of aromatic nitrogens is 6. The number of hydrogen-bond acceptors (Lipinski definition) is 6. The Morgan fingerprint density at radius 2 is 2.19 bits per heavy atom. The number of H-pyrrole nitrogens is 1. The molecule has 5 rings (SSSR count). The molecule has 1 atom stereocenters. The summed E-state index contributed by atoms with van der Waals surface area (Å²) < 4.78 is 32.6. The number of anilines is 1. The van der Waals surface area contributed by atoms with E-state index in [9.17, 15) is 8.78 Å². The van der Waals surface area contributed by atoms with Crippen molar-refractivity contribution in [2.75, 3.05) is 11.4 Å². The maximum Gasteiger partial charge on any atom is 0.319 e. The molecule has 1 N–H and O–H groups in total. The minimum absolute atomic E-state index is 0.0380. The van der Waals surface area contributed by atoms with Crippen LogP contribution in [0.5, 0.6) is 0 Å². The third kappa shape index (κ3) is 2.25. The molecule has 10 heteroatoms. The zero-order valence-electron chi connectivity index (χ0n) is 13.4. The molecule has 0 spiro atoms. The molecule has 132 valence electrons. The van der Waals surface area contributed by atoms with Crippen molar-refractivity contribution in [3.63, 3.8) is 0 Å². The molecular weight excluding hydrogens is 344 g/mol. The van der Waals surface area contributed by atoms with Crippen LogP contribution in [0, 0.1) is 0 Å². The van der Waals surface area contributed by atoms with E-state index in [1.807, 2.05) is 30.5 Å². The van der Waals surface area contributed by atoms with Crippen molar-refractivity contribution >= 4 is 11.5 Å². The number of halogens is 2. The molecule has 0 radical (unpaired) electrons. The fraction of sp³-hybridized carbons (Fsp3) is 0.250. The normalized spacial score (nSPS) is 17.2. The van der Waals surface area contributed by atoms with Crippen LogP contribution in [0.25, 0.3) is 5.52 Å². The van der Waals surface area contributed by atoms with Crippen molar-refractivity contribution < 1.29 is 13.2 Å². The lowest BCUT2D eigenvalue weighted by molar-refractivity contribution is 0.115. The van der Waals surface area contributed by atoms with Crippen molar-refractivity contribution in [2.24, 2.45) is 0 Å². The Morgan fingerprint density at radius 3 is 3.00 bits per heavy atom. The monoisotopic (exact) mass is 357 g/mol. The summed E-state index contributed by atoms with van der Waals surface area (Å²) in [5, 5.41) is 11.9. The third-order valence-electron chi connectivity index (χ3n) is 4.46. The van der Waals surface area contributed by atoms with Gasteiger partial charge in [-0.3, -0.25) is 0 Å². The first kappa shape index (κ1) is 15.0. The first-order chi connectivity index (χ1) is 12.7. The van der Waals surface area contributed by atoms with Crippen LogP contribution in [-0.4, -0.2) is 36.3 Å². The molecule has 0 saturated carbocycles. The van der Waals surface area contributed by atoms with Gasteiger partial charge in [-0.1, -0.05) is 11.2 Å². The van der Waals surface area contributed by atoms with E-state index in [2.05, 4.69) is 25.3 Å². The summed E-state index contributed by atoms with van der Waals surface area (Å²) in [7, 11) is 0. The number of nitrogens with one attached hydrogen (secondary N) is 1. The molecule has 0 bridgehead atoms. The number of alkyl halides is 2. The quantitative estimate of drug-likeness (QED) is 0.606. The van der Waals surface area contributed by atoms with Crippen LogP contribution < -0.4 is 4.90 Å². The van der Waals surface area contributed by atoms with Crippen LogP contribution in [0.15, 0.2) is 41.2 Å². The molecule has 0 saturated heterocycles. The number of pyridine rings is 1. The standard InChI is InChI=1S/C16H13F2N7O/c17-14(18)15-21-22-16(26-15)24-6-4-10-12(20-8-19-10)13(24)11-7-9-3-1-2-5-25(9)23-11/h1-3,5,7-8,13-14H,4,6H2,(H,19,20). The van der Waals surface area contributed by atoms with Gasteiger partial charge in [0.05, 0.1) is 23.2 Å². The molecule has 1 unspecified atom stereocenters. The molecular formula is C16H13F2N7O. The number of aromatic amines is 1. The van der Waals surface area contributed by atoms with Gasteiger partial charge < -0.3 is 14.3 Å². The van der Waals surface area contributed by atoms with Crippen LogP contribution in [0.1, 0.15) is 35.4 Å². The summed E-state index contributed by atoms with van der Waals surface area (Å²) in [6, 6.07) is 7.32. The summed E-state index contributed by atoms with van der Waals surface area (Å²) >= 11 is 0. The Morgan fingerprint density at radius 1 is 1.27 bits per heavy atom. The van der Waals surface area contributed by atoms with E-state index in [4.69, 9.17) is 4.42 Å². The SMILES string of the molecule is FC(F)c1nnc(N2CCc3[nH]cnc3C2c2cc3ccccn3n2)o1. The number of rotatable bonds is 3. The Labute approximate surface area is 145 Å². The van der Waals surface area contributed by atoms with E-state index in [1.54, 1.807) is 15.7 Å². The van der Waals surface area contributed by atoms with Crippen LogP contribution >= 0.6 is 0 Å². The summed E-state index contributed by atoms with van der Waals surface area (Å²) in [6.07, 6.45) is 1.32. The second-order valence-electron chi connectivity index (χ2n) is 5.98. The van der Waals surface area contributed by atoms with Gasteiger partial charge in [-0.25, -0.2) is 9.50 Å². The smallest absolute Gasteiger partial charge is 0.319 e. The highest BCUT2D eigenvalue weighted by molar-refractivity contribution is 5.51. The molecule has 0 amide bonds. The Kier molecular flexibility index (Phi) is 3.24.